The summed E-state index contributed by atoms with van der Waals surface area (Å²) in [5, 5.41) is 16.2. The molecule has 30 heavy (non-hydrogen) atoms. The van der Waals surface area contributed by atoms with E-state index in [-0.39, 0.29) is 18.3 Å². The van der Waals surface area contributed by atoms with Crippen molar-refractivity contribution in [2.75, 3.05) is 6.61 Å². The quantitative estimate of drug-likeness (QED) is 0.436. The Labute approximate surface area is 179 Å². The summed E-state index contributed by atoms with van der Waals surface area (Å²) < 4.78 is 5.58. The molecule has 0 saturated heterocycles. The Morgan fingerprint density at radius 1 is 0.900 bits per heavy atom. The van der Waals surface area contributed by atoms with Crippen molar-refractivity contribution in [2.45, 2.75) is 6.04 Å². The highest BCUT2D eigenvalue weighted by atomic mass is 35.5. The number of fused-ring (bicyclic) bond motifs is 1. The van der Waals surface area contributed by atoms with Gasteiger partial charge in [0.1, 0.15) is 11.5 Å². The fourth-order valence-electron chi connectivity index (χ4n) is 3.44. The second kappa shape index (κ2) is 8.89. The van der Waals surface area contributed by atoms with Gasteiger partial charge in [0, 0.05) is 10.6 Å². The SMILES string of the molecule is O=C(COc1ccc(Cl)cc1)NC(c1ccccc1)c1c(O)ccc2ccccc12. The van der Waals surface area contributed by atoms with Gasteiger partial charge in [0.05, 0.1) is 6.04 Å². The van der Waals surface area contributed by atoms with Crippen LogP contribution in [-0.2, 0) is 4.79 Å². The third-order valence-corrected chi connectivity index (χ3v) is 5.11. The Kier molecular flexibility index (Phi) is 5.87. The molecule has 0 bridgehead atoms. The van der Waals surface area contributed by atoms with Crippen molar-refractivity contribution < 1.29 is 14.6 Å². The predicted octanol–water partition coefficient (Wildman–Crippen LogP) is 5.48. The number of nitrogens with one attached hydrogen (secondary N) is 1. The van der Waals surface area contributed by atoms with E-state index in [2.05, 4.69) is 5.32 Å². The first-order valence-corrected chi connectivity index (χ1v) is 9.93. The fourth-order valence-corrected chi connectivity index (χ4v) is 3.56. The zero-order valence-corrected chi connectivity index (χ0v) is 16.8. The van der Waals surface area contributed by atoms with Gasteiger partial charge in [0.15, 0.2) is 6.61 Å². The van der Waals surface area contributed by atoms with Gasteiger partial charge in [-0.05, 0) is 46.7 Å². The minimum Gasteiger partial charge on any atom is -0.508 e. The lowest BCUT2D eigenvalue weighted by molar-refractivity contribution is -0.123. The molecule has 4 nitrogen and oxygen atoms in total. The van der Waals surface area contributed by atoms with Crippen molar-refractivity contribution >= 4 is 28.3 Å². The van der Waals surface area contributed by atoms with Gasteiger partial charge in [0.2, 0.25) is 0 Å². The molecule has 150 valence electrons. The number of rotatable bonds is 6. The molecule has 0 aromatic heterocycles. The van der Waals surface area contributed by atoms with Gasteiger partial charge in [-0.2, -0.15) is 0 Å². The van der Waals surface area contributed by atoms with E-state index in [1.165, 1.54) is 0 Å². The summed E-state index contributed by atoms with van der Waals surface area (Å²) in [6.45, 7) is -0.156. The van der Waals surface area contributed by atoms with Crippen molar-refractivity contribution in [2.24, 2.45) is 0 Å². The first kappa shape index (κ1) is 19.8. The van der Waals surface area contributed by atoms with Crippen LogP contribution in [0.4, 0.5) is 0 Å². The normalized spacial score (nSPS) is 11.8. The van der Waals surface area contributed by atoms with Crippen LogP contribution in [0, 0.1) is 0 Å². The summed E-state index contributed by atoms with van der Waals surface area (Å²) in [7, 11) is 0. The first-order chi connectivity index (χ1) is 14.6. The Morgan fingerprint density at radius 3 is 2.37 bits per heavy atom. The molecule has 0 spiro atoms. The van der Waals surface area contributed by atoms with E-state index in [0.717, 1.165) is 16.3 Å². The molecule has 2 N–H and O–H groups in total. The number of carbonyl (C=O) groups is 1. The van der Waals surface area contributed by atoms with Crippen molar-refractivity contribution in [1.82, 2.24) is 5.32 Å². The average molecular weight is 418 g/mol. The number of phenols is 1. The van der Waals surface area contributed by atoms with E-state index >= 15 is 0 Å². The first-order valence-electron chi connectivity index (χ1n) is 9.55. The number of amides is 1. The molecule has 0 radical (unpaired) electrons. The molecule has 0 aliphatic heterocycles. The lowest BCUT2D eigenvalue weighted by Gasteiger charge is -2.22. The van der Waals surface area contributed by atoms with Gasteiger partial charge in [0.25, 0.3) is 5.91 Å². The standard InChI is InChI=1S/C25H20ClNO3/c26-19-11-13-20(14-12-19)30-16-23(29)27-25(18-7-2-1-3-8-18)24-21-9-5-4-6-17(21)10-15-22(24)28/h1-15,25,28H,16H2,(H,27,29). The number of phenolic OH excluding ortho intramolecular Hbond substituents is 1. The second-order valence-electron chi connectivity index (χ2n) is 6.87. The van der Waals surface area contributed by atoms with Crippen LogP contribution in [0.2, 0.25) is 5.02 Å². The summed E-state index contributed by atoms with van der Waals surface area (Å²) in [5.74, 6) is 0.381. The molecule has 4 aromatic rings. The summed E-state index contributed by atoms with van der Waals surface area (Å²) in [6.07, 6.45) is 0. The molecule has 1 unspecified atom stereocenters. The highest BCUT2D eigenvalue weighted by molar-refractivity contribution is 6.30. The zero-order valence-electron chi connectivity index (χ0n) is 16.1. The van der Waals surface area contributed by atoms with Crippen LogP contribution in [-0.4, -0.2) is 17.6 Å². The number of hydrogen-bond acceptors (Lipinski definition) is 3. The highest BCUT2D eigenvalue weighted by Crippen LogP contribution is 2.35. The second-order valence-corrected chi connectivity index (χ2v) is 7.31. The smallest absolute Gasteiger partial charge is 0.258 e. The number of benzene rings is 4. The number of ether oxygens (including phenoxy) is 1. The molecular weight excluding hydrogens is 398 g/mol. The van der Waals surface area contributed by atoms with E-state index in [1.807, 2.05) is 60.7 Å². The van der Waals surface area contributed by atoms with Crippen LogP contribution in [0.25, 0.3) is 10.8 Å². The minimum absolute atomic E-state index is 0.126. The van der Waals surface area contributed by atoms with E-state index in [4.69, 9.17) is 16.3 Å². The van der Waals surface area contributed by atoms with Crippen molar-refractivity contribution in [1.29, 1.82) is 0 Å². The molecular formula is C25H20ClNO3. The molecule has 1 amide bonds. The monoisotopic (exact) mass is 417 g/mol. The van der Waals surface area contributed by atoms with Crippen LogP contribution in [0.3, 0.4) is 0 Å². The maximum Gasteiger partial charge on any atom is 0.258 e. The molecule has 4 aromatic carbocycles. The number of carbonyl (C=O) groups excluding carboxylic acids is 1. The van der Waals surface area contributed by atoms with Crippen LogP contribution < -0.4 is 10.1 Å². The van der Waals surface area contributed by atoms with Gasteiger partial charge >= 0.3 is 0 Å². The van der Waals surface area contributed by atoms with Gasteiger partial charge < -0.3 is 15.2 Å². The lowest BCUT2D eigenvalue weighted by Crippen LogP contribution is -2.33. The molecule has 0 aliphatic carbocycles. The van der Waals surface area contributed by atoms with Crippen molar-refractivity contribution in [3.8, 4) is 11.5 Å². The largest absolute Gasteiger partial charge is 0.508 e. The molecule has 0 fully saturated rings. The third-order valence-electron chi connectivity index (χ3n) is 4.86. The highest BCUT2D eigenvalue weighted by Gasteiger charge is 2.22. The van der Waals surface area contributed by atoms with Gasteiger partial charge in [-0.15, -0.1) is 0 Å². The molecule has 0 heterocycles. The minimum atomic E-state index is -0.529. The molecule has 0 saturated carbocycles. The van der Waals surface area contributed by atoms with Gasteiger partial charge in [-0.3, -0.25) is 4.79 Å². The van der Waals surface area contributed by atoms with E-state index < -0.39 is 6.04 Å². The van der Waals surface area contributed by atoms with Crippen molar-refractivity contribution in [3.63, 3.8) is 0 Å². The summed E-state index contributed by atoms with van der Waals surface area (Å²) >= 11 is 5.88. The summed E-state index contributed by atoms with van der Waals surface area (Å²) in [4.78, 5) is 12.7. The van der Waals surface area contributed by atoms with Gasteiger partial charge in [-0.25, -0.2) is 0 Å². The van der Waals surface area contributed by atoms with Crippen LogP contribution in [0.1, 0.15) is 17.2 Å². The maximum atomic E-state index is 12.7. The molecule has 4 rings (SSSR count). The van der Waals surface area contributed by atoms with Gasteiger partial charge in [-0.1, -0.05) is 72.3 Å². The van der Waals surface area contributed by atoms with Crippen LogP contribution in [0.15, 0.2) is 91.0 Å². The van der Waals surface area contributed by atoms with E-state index in [9.17, 15) is 9.90 Å². The lowest BCUT2D eigenvalue weighted by atomic mass is 9.92. The molecule has 1 atom stereocenters. The fraction of sp³-hybridized carbons (Fsp3) is 0.0800. The predicted molar refractivity (Wildman–Crippen MR) is 119 cm³/mol. The molecule has 5 heteroatoms. The topological polar surface area (TPSA) is 58.6 Å². The third kappa shape index (κ3) is 4.39. The van der Waals surface area contributed by atoms with Crippen LogP contribution in [0.5, 0.6) is 11.5 Å². The Balaban J connectivity index is 1.64. The summed E-state index contributed by atoms with van der Waals surface area (Å²) in [5.41, 5.74) is 1.52. The number of halogens is 1. The Bertz CT molecular complexity index is 1160. The maximum absolute atomic E-state index is 12.7. The van der Waals surface area contributed by atoms with E-state index in [0.29, 0.717) is 16.3 Å². The van der Waals surface area contributed by atoms with Crippen LogP contribution >= 0.6 is 11.6 Å². The molecule has 0 aliphatic rings. The number of aromatic hydroxyl groups is 1. The average Bonchev–Trinajstić information content (AvgIpc) is 2.78. The van der Waals surface area contributed by atoms with E-state index in [1.54, 1.807) is 30.3 Å². The van der Waals surface area contributed by atoms with Crippen molar-refractivity contribution in [3.05, 3.63) is 107 Å². The summed E-state index contributed by atoms with van der Waals surface area (Å²) in [6, 6.07) is 27.2. The Hall–Kier alpha value is -3.50. The number of hydrogen-bond donors (Lipinski definition) is 2. The zero-order chi connectivity index (χ0) is 20.9. The Morgan fingerprint density at radius 2 is 1.60 bits per heavy atom.